The van der Waals surface area contributed by atoms with Gasteiger partial charge in [0.15, 0.2) is 5.82 Å². The highest BCUT2D eigenvalue weighted by Gasteiger charge is 2.05. The second-order valence-corrected chi connectivity index (χ2v) is 3.79. The summed E-state index contributed by atoms with van der Waals surface area (Å²) in [5, 5.41) is 14.5. The minimum Gasteiger partial charge on any atom is -0.395 e. The summed E-state index contributed by atoms with van der Waals surface area (Å²) in [5.74, 6) is 0.452. The zero-order valence-corrected chi connectivity index (χ0v) is 10.4. The van der Waals surface area contributed by atoms with E-state index in [2.05, 4.69) is 15.6 Å². The van der Waals surface area contributed by atoms with E-state index in [0.29, 0.717) is 30.2 Å². The molecule has 1 aromatic rings. The number of nitrogens with one attached hydrogen (secondary N) is 2. The number of nitrogen functional groups attached to an aromatic ring is 1. The number of aromatic nitrogens is 1. The fraction of sp³-hybridized carbons (Fsp3) is 0.364. The number of urea groups is 1. The van der Waals surface area contributed by atoms with Gasteiger partial charge in [-0.3, -0.25) is 0 Å². The van der Waals surface area contributed by atoms with Crippen LogP contribution in [0, 0.1) is 11.3 Å². The monoisotopic (exact) mass is 248 g/mol. The van der Waals surface area contributed by atoms with Crippen LogP contribution >= 0.6 is 0 Å². The summed E-state index contributed by atoms with van der Waals surface area (Å²) in [4.78, 5) is 16.7. The Morgan fingerprint density at radius 3 is 2.89 bits per heavy atom. The molecular formula is C11H16N6O. The van der Waals surface area contributed by atoms with Gasteiger partial charge >= 0.3 is 6.03 Å². The first kappa shape index (κ1) is 13.6. The summed E-state index contributed by atoms with van der Waals surface area (Å²) in [6.07, 6.45) is 1.51. The van der Waals surface area contributed by atoms with E-state index in [1.54, 1.807) is 20.2 Å². The van der Waals surface area contributed by atoms with Crippen LogP contribution in [0.3, 0.4) is 0 Å². The summed E-state index contributed by atoms with van der Waals surface area (Å²) in [5.41, 5.74) is 6.44. The van der Waals surface area contributed by atoms with Gasteiger partial charge in [0.2, 0.25) is 0 Å². The molecule has 2 amide bonds. The SMILES string of the molecule is CN(C)C(=O)NCCNc1nccc(C#N)c1N. The number of amides is 2. The summed E-state index contributed by atoms with van der Waals surface area (Å²) < 4.78 is 0. The van der Waals surface area contributed by atoms with Gasteiger partial charge in [-0.25, -0.2) is 9.78 Å². The number of carbonyl (C=O) groups excluding carboxylic acids is 1. The van der Waals surface area contributed by atoms with Gasteiger partial charge in [0.05, 0.1) is 11.3 Å². The molecule has 0 atom stereocenters. The first-order valence-corrected chi connectivity index (χ1v) is 5.40. The number of nitrogens with zero attached hydrogens (tertiary/aromatic N) is 3. The van der Waals surface area contributed by atoms with Crippen molar-refractivity contribution in [3.63, 3.8) is 0 Å². The zero-order valence-electron chi connectivity index (χ0n) is 10.4. The minimum absolute atomic E-state index is 0.163. The first-order chi connectivity index (χ1) is 8.56. The Hall–Kier alpha value is -2.49. The molecule has 1 aromatic heterocycles. The number of nitriles is 1. The van der Waals surface area contributed by atoms with Crippen molar-refractivity contribution >= 4 is 17.5 Å². The average molecular weight is 248 g/mol. The van der Waals surface area contributed by atoms with E-state index in [1.165, 1.54) is 11.1 Å². The predicted molar refractivity (Wildman–Crippen MR) is 68.9 cm³/mol. The lowest BCUT2D eigenvalue weighted by atomic mass is 10.2. The molecule has 0 saturated heterocycles. The Labute approximate surface area is 106 Å². The summed E-state index contributed by atoms with van der Waals surface area (Å²) >= 11 is 0. The molecule has 0 aliphatic rings. The van der Waals surface area contributed by atoms with E-state index >= 15 is 0 Å². The van der Waals surface area contributed by atoms with Gasteiger partial charge < -0.3 is 21.3 Å². The van der Waals surface area contributed by atoms with Gasteiger partial charge in [-0.15, -0.1) is 0 Å². The Kier molecular flexibility index (Phi) is 4.75. The third-order valence-corrected chi connectivity index (χ3v) is 2.21. The van der Waals surface area contributed by atoms with Crippen LogP contribution in [0.1, 0.15) is 5.56 Å². The highest BCUT2D eigenvalue weighted by atomic mass is 16.2. The maximum absolute atomic E-state index is 11.2. The van der Waals surface area contributed by atoms with Crippen LogP contribution in [0.4, 0.5) is 16.3 Å². The van der Waals surface area contributed by atoms with Crippen LogP contribution < -0.4 is 16.4 Å². The summed E-state index contributed by atoms with van der Waals surface area (Å²) in [7, 11) is 3.33. The molecule has 0 fully saturated rings. The van der Waals surface area contributed by atoms with Crippen LogP contribution in [-0.2, 0) is 0 Å². The van der Waals surface area contributed by atoms with E-state index in [9.17, 15) is 4.79 Å². The molecule has 7 heteroatoms. The van der Waals surface area contributed by atoms with Gasteiger partial charge in [0.1, 0.15) is 6.07 Å². The highest BCUT2D eigenvalue weighted by molar-refractivity contribution is 5.73. The Morgan fingerprint density at radius 2 is 2.28 bits per heavy atom. The first-order valence-electron chi connectivity index (χ1n) is 5.40. The molecule has 0 saturated carbocycles. The average Bonchev–Trinajstić information content (AvgIpc) is 2.35. The largest absolute Gasteiger partial charge is 0.395 e. The lowest BCUT2D eigenvalue weighted by Crippen LogP contribution is -2.37. The van der Waals surface area contributed by atoms with E-state index in [-0.39, 0.29) is 6.03 Å². The Bertz CT molecular complexity index is 465. The number of anilines is 2. The van der Waals surface area contributed by atoms with Crippen LogP contribution in [-0.4, -0.2) is 43.1 Å². The molecule has 0 aliphatic carbocycles. The lowest BCUT2D eigenvalue weighted by Gasteiger charge is -2.13. The third kappa shape index (κ3) is 3.52. The van der Waals surface area contributed by atoms with Crippen molar-refractivity contribution in [3.8, 4) is 6.07 Å². The molecule has 7 nitrogen and oxygen atoms in total. The number of rotatable bonds is 4. The van der Waals surface area contributed by atoms with Gasteiger partial charge in [-0.05, 0) is 6.07 Å². The number of nitrogens with two attached hydrogens (primary N) is 1. The van der Waals surface area contributed by atoms with Gasteiger partial charge in [-0.2, -0.15) is 5.26 Å². The third-order valence-electron chi connectivity index (χ3n) is 2.21. The topological polar surface area (TPSA) is 107 Å². The normalized spacial score (nSPS) is 9.39. The van der Waals surface area contributed by atoms with Crippen LogP contribution in [0.2, 0.25) is 0 Å². The lowest BCUT2D eigenvalue weighted by molar-refractivity contribution is 0.218. The highest BCUT2D eigenvalue weighted by Crippen LogP contribution is 2.18. The quantitative estimate of drug-likeness (QED) is 0.661. The fourth-order valence-corrected chi connectivity index (χ4v) is 1.22. The number of pyridine rings is 1. The summed E-state index contributed by atoms with van der Waals surface area (Å²) in [6.45, 7) is 0.917. The fourth-order valence-electron chi connectivity index (χ4n) is 1.22. The van der Waals surface area contributed by atoms with Crippen LogP contribution in [0.15, 0.2) is 12.3 Å². The molecule has 4 N–H and O–H groups in total. The Morgan fingerprint density at radius 1 is 1.56 bits per heavy atom. The van der Waals surface area contributed by atoms with Crippen molar-refractivity contribution < 1.29 is 4.79 Å². The molecule has 96 valence electrons. The Balaban J connectivity index is 2.46. The number of carbonyl (C=O) groups is 1. The molecule has 0 bridgehead atoms. The molecule has 18 heavy (non-hydrogen) atoms. The van der Waals surface area contributed by atoms with Crippen molar-refractivity contribution in [2.24, 2.45) is 0 Å². The van der Waals surface area contributed by atoms with Crippen molar-refractivity contribution in [3.05, 3.63) is 17.8 Å². The van der Waals surface area contributed by atoms with Gasteiger partial charge in [0.25, 0.3) is 0 Å². The smallest absolute Gasteiger partial charge is 0.316 e. The standard InChI is InChI=1S/C11H16N6O/c1-17(2)11(18)16-6-5-15-10-9(13)8(7-12)3-4-14-10/h3-4H,5-6,13H2,1-2H3,(H,14,15)(H,16,18). The van der Waals surface area contributed by atoms with E-state index in [4.69, 9.17) is 11.0 Å². The molecule has 0 radical (unpaired) electrons. The van der Waals surface area contributed by atoms with Crippen molar-refractivity contribution in [2.45, 2.75) is 0 Å². The molecule has 0 unspecified atom stereocenters. The maximum atomic E-state index is 11.2. The van der Waals surface area contributed by atoms with Crippen molar-refractivity contribution in [1.29, 1.82) is 5.26 Å². The van der Waals surface area contributed by atoms with Crippen LogP contribution in [0.25, 0.3) is 0 Å². The van der Waals surface area contributed by atoms with Crippen LogP contribution in [0.5, 0.6) is 0 Å². The van der Waals surface area contributed by atoms with E-state index in [1.807, 2.05) is 6.07 Å². The van der Waals surface area contributed by atoms with Gasteiger partial charge in [0, 0.05) is 33.4 Å². The second-order valence-electron chi connectivity index (χ2n) is 3.79. The minimum atomic E-state index is -0.163. The maximum Gasteiger partial charge on any atom is 0.316 e. The van der Waals surface area contributed by atoms with Crippen molar-refractivity contribution in [1.82, 2.24) is 15.2 Å². The molecule has 1 rings (SSSR count). The molecule has 1 heterocycles. The summed E-state index contributed by atoms with van der Waals surface area (Å²) in [6, 6.07) is 3.36. The molecule has 0 aromatic carbocycles. The van der Waals surface area contributed by atoms with Crippen molar-refractivity contribution in [2.75, 3.05) is 38.2 Å². The zero-order chi connectivity index (χ0) is 13.5. The van der Waals surface area contributed by atoms with E-state index < -0.39 is 0 Å². The molecular weight excluding hydrogens is 232 g/mol. The number of hydrogen-bond acceptors (Lipinski definition) is 5. The van der Waals surface area contributed by atoms with Gasteiger partial charge in [-0.1, -0.05) is 0 Å². The molecule has 0 aliphatic heterocycles. The molecule has 0 spiro atoms. The number of hydrogen-bond donors (Lipinski definition) is 3. The predicted octanol–water partition coefficient (Wildman–Crippen LogP) is 0.219. The second kappa shape index (κ2) is 6.30. The van der Waals surface area contributed by atoms with E-state index in [0.717, 1.165) is 0 Å².